The van der Waals surface area contributed by atoms with Gasteiger partial charge in [0.25, 0.3) is 5.91 Å². The number of esters is 1. The van der Waals surface area contributed by atoms with Crippen LogP contribution in [-0.2, 0) is 19.6 Å². The first-order chi connectivity index (χ1) is 11.1. The lowest BCUT2D eigenvalue weighted by molar-refractivity contribution is -0.124. The molecule has 1 aromatic rings. The summed E-state index contributed by atoms with van der Waals surface area (Å²) in [5, 5.41) is 2.70. The first kappa shape index (κ1) is 18.4. The fourth-order valence-electron chi connectivity index (χ4n) is 1.96. The molecule has 8 heteroatoms. The fraction of sp³-hybridized carbons (Fsp3) is 0.500. The number of hydrogen-bond acceptors (Lipinski definition) is 5. The normalized spacial score (nSPS) is 15.0. The van der Waals surface area contributed by atoms with Crippen LogP contribution in [0.5, 0.6) is 0 Å². The van der Waals surface area contributed by atoms with Gasteiger partial charge in [-0.05, 0) is 51.8 Å². The predicted molar refractivity (Wildman–Crippen MR) is 88.0 cm³/mol. The van der Waals surface area contributed by atoms with Crippen LogP contribution in [0.3, 0.4) is 0 Å². The van der Waals surface area contributed by atoms with Crippen LogP contribution >= 0.6 is 0 Å². The third-order valence-corrected chi connectivity index (χ3v) is 4.85. The van der Waals surface area contributed by atoms with Gasteiger partial charge in [0, 0.05) is 11.6 Å². The monoisotopic (exact) mass is 354 g/mol. The van der Waals surface area contributed by atoms with Crippen LogP contribution in [0.2, 0.25) is 0 Å². The van der Waals surface area contributed by atoms with Crippen molar-refractivity contribution in [1.82, 2.24) is 10.0 Å². The molecule has 0 saturated heterocycles. The molecule has 1 saturated carbocycles. The summed E-state index contributed by atoms with van der Waals surface area (Å²) in [6.07, 6.45) is 1.89. The zero-order valence-electron chi connectivity index (χ0n) is 14.0. The molecule has 1 amide bonds. The summed E-state index contributed by atoms with van der Waals surface area (Å²) in [6.45, 7) is 4.79. The van der Waals surface area contributed by atoms with Crippen LogP contribution in [0.15, 0.2) is 29.2 Å². The molecule has 132 valence electrons. The Morgan fingerprint density at radius 1 is 1.25 bits per heavy atom. The number of sulfonamides is 1. The molecule has 0 aliphatic heterocycles. The highest BCUT2D eigenvalue weighted by Crippen LogP contribution is 2.18. The van der Waals surface area contributed by atoms with Crippen molar-refractivity contribution in [3.63, 3.8) is 0 Å². The molecule has 7 nitrogen and oxygen atoms in total. The van der Waals surface area contributed by atoms with Crippen LogP contribution in [0.1, 0.15) is 44.0 Å². The van der Waals surface area contributed by atoms with Gasteiger partial charge in [0.1, 0.15) is 0 Å². The molecule has 24 heavy (non-hydrogen) atoms. The van der Waals surface area contributed by atoms with Gasteiger partial charge in [0.05, 0.1) is 10.5 Å². The van der Waals surface area contributed by atoms with Crippen molar-refractivity contribution in [2.75, 3.05) is 6.61 Å². The van der Waals surface area contributed by atoms with Crippen molar-refractivity contribution < 1.29 is 22.7 Å². The topological polar surface area (TPSA) is 102 Å². The van der Waals surface area contributed by atoms with Gasteiger partial charge in [-0.1, -0.05) is 6.07 Å². The van der Waals surface area contributed by atoms with Crippen molar-refractivity contribution in [2.45, 2.75) is 50.1 Å². The predicted octanol–water partition coefficient (Wildman–Crippen LogP) is 1.20. The number of benzene rings is 1. The van der Waals surface area contributed by atoms with Crippen LogP contribution in [-0.4, -0.2) is 38.5 Å². The average Bonchev–Trinajstić information content (AvgIpc) is 3.26. The maximum absolute atomic E-state index is 12.3. The van der Waals surface area contributed by atoms with E-state index in [0.29, 0.717) is 0 Å². The molecule has 2 rings (SSSR count). The number of hydrogen-bond donors (Lipinski definition) is 2. The number of nitrogens with one attached hydrogen (secondary N) is 2. The Kier molecular flexibility index (Phi) is 5.29. The van der Waals surface area contributed by atoms with E-state index in [1.165, 1.54) is 24.3 Å². The summed E-state index contributed by atoms with van der Waals surface area (Å²) in [4.78, 5) is 23.5. The lowest BCUT2D eigenvalue weighted by Crippen LogP contribution is -2.40. The molecule has 0 atom stereocenters. The van der Waals surface area contributed by atoms with E-state index >= 15 is 0 Å². The Hall–Kier alpha value is -1.93. The molecule has 0 spiro atoms. The first-order valence-electron chi connectivity index (χ1n) is 7.67. The zero-order valence-corrected chi connectivity index (χ0v) is 14.8. The standard InChI is InChI=1S/C16H22N2O5S/c1-16(2,3)18-24(21,22)13-6-4-5-11(9-13)15(20)23-10-14(19)17-12-7-8-12/h4-6,9,12,18H,7-8,10H2,1-3H3,(H,17,19). The molecule has 1 aliphatic carbocycles. The summed E-state index contributed by atoms with van der Waals surface area (Å²) >= 11 is 0. The second-order valence-electron chi connectivity index (χ2n) is 6.80. The summed E-state index contributed by atoms with van der Waals surface area (Å²) in [7, 11) is -3.75. The van der Waals surface area contributed by atoms with Crippen LogP contribution < -0.4 is 10.0 Å². The van der Waals surface area contributed by atoms with Crippen LogP contribution in [0.4, 0.5) is 0 Å². The molecule has 2 N–H and O–H groups in total. The highest BCUT2D eigenvalue weighted by Gasteiger charge is 2.25. The summed E-state index contributed by atoms with van der Waals surface area (Å²) in [5.74, 6) is -1.10. The largest absolute Gasteiger partial charge is 0.452 e. The highest BCUT2D eigenvalue weighted by atomic mass is 32.2. The molecule has 0 bridgehead atoms. The molecular formula is C16H22N2O5S. The van der Waals surface area contributed by atoms with Gasteiger partial charge in [0.15, 0.2) is 6.61 Å². The van der Waals surface area contributed by atoms with Crippen molar-refractivity contribution in [2.24, 2.45) is 0 Å². The Bertz CT molecular complexity index is 733. The molecule has 0 aromatic heterocycles. The van der Waals surface area contributed by atoms with E-state index in [0.717, 1.165) is 12.8 Å². The van der Waals surface area contributed by atoms with Gasteiger partial charge in [-0.15, -0.1) is 0 Å². The van der Waals surface area contributed by atoms with Crippen LogP contribution in [0.25, 0.3) is 0 Å². The van der Waals surface area contributed by atoms with Gasteiger partial charge in [-0.2, -0.15) is 0 Å². The lowest BCUT2D eigenvalue weighted by Gasteiger charge is -2.20. The van der Waals surface area contributed by atoms with Gasteiger partial charge >= 0.3 is 5.97 Å². The Labute approximate surface area is 141 Å². The van der Waals surface area contributed by atoms with E-state index in [2.05, 4.69) is 10.0 Å². The summed E-state index contributed by atoms with van der Waals surface area (Å²) in [6, 6.07) is 5.71. The van der Waals surface area contributed by atoms with E-state index in [4.69, 9.17) is 4.74 Å². The third-order valence-electron chi connectivity index (χ3n) is 3.10. The molecule has 1 aromatic carbocycles. The minimum atomic E-state index is -3.75. The Balaban J connectivity index is 2.03. The Morgan fingerprint density at radius 2 is 1.92 bits per heavy atom. The van der Waals surface area contributed by atoms with E-state index in [-0.39, 0.29) is 29.0 Å². The van der Waals surface area contributed by atoms with Crippen molar-refractivity contribution in [3.05, 3.63) is 29.8 Å². The Morgan fingerprint density at radius 3 is 2.50 bits per heavy atom. The molecule has 0 radical (unpaired) electrons. The lowest BCUT2D eigenvalue weighted by atomic mass is 10.1. The molecule has 0 heterocycles. The second kappa shape index (κ2) is 6.90. The van der Waals surface area contributed by atoms with Gasteiger partial charge in [0.2, 0.25) is 10.0 Å². The average molecular weight is 354 g/mol. The van der Waals surface area contributed by atoms with E-state index < -0.39 is 21.5 Å². The highest BCUT2D eigenvalue weighted by molar-refractivity contribution is 7.89. The molecule has 1 aliphatic rings. The number of rotatable bonds is 6. The number of ether oxygens (including phenoxy) is 1. The molecule has 0 unspecified atom stereocenters. The maximum atomic E-state index is 12.3. The fourth-order valence-corrected chi connectivity index (χ4v) is 3.43. The third kappa shape index (κ3) is 5.61. The van der Waals surface area contributed by atoms with Crippen molar-refractivity contribution in [1.29, 1.82) is 0 Å². The number of amides is 1. The van der Waals surface area contributed by atoms with Gasteiger partial charge < -0.3 is 10.1 Å². The minimum Gasteiger partial charge on any atom is -0.452 e. The van der Waals surface area contributed by atoms with Crippen molar-refractivity contribution in [3.8, 4) is 0 Å². The maximum Gasteiger partial charge on any atom is 0.338 e. The van der Waals surface area contributed by atoms with E-state index in [1.54, 1.807) is 20.8 Å². The van der Waals surface area contributed by atoms with Crippen LogP contribution in [0, 0.1) is 0 Å². The van der Waals surface area contributed by atoms with Crippen molar-refractivity contribution >= 4 is 21.9 Å². The zero-order chi connectivity index (χ0) is 18.0. The molecule has 1 fully saturated rings. The summed E-state index contributed by atoms with van der Waals surface area (Å²) in [5.41, 5.74) is -0.568. The number of carbonyl (C=O) groups excluding carboxylic acids is 2. The van der Waals surface area contributed by atoms with Gasteiger partial charge in [-0.3, -0.25) is 4.79 Å². The number of carbonyl (C=O) groups is 2. The first-order valence-corrected chi connectivity index (χ1v) is 9.16. The quantitative estimate of drug-likeness (QED) is 0.748. The minimum absolute atomic E-state index is 0.0330. The summed E-state index contributed by atoms with van der Waals surface area (Å²) < 4.78 is 32.0. The van der Waals surface area contributed by atoms with E-state index in [9.17, 15) is 18.0 Å². The second-order valence-corrected chi connectivity index (χ2v) is 8.48. The SMILES string of the molecule is CC(C)(C)NS(=O)(=O)c1cccc(C(=O)OCC(=O)NC2CC2)c1. The molecular weight excluding hydrogens is 332 g/mol. The van der Waals surface area contributed by atoms with Gasteiger partial charge in [-0.25, -0.2) is 17.9 Å². The van der Waals surface area contributed by atoms with E-state index in [1.807, 2.05) is 0 Å². The smallest absolute Gasteiger partial charge is 0.338 e.